The molecule has 1 amide bonds. The number of carbonyl (C=O) groups excluding carboxylic acids is 1. The number of hydrogen-bond donors (Lipinski definition) is 3. The molecule has 0 aliphatic carbocycles. The Morgan fingerprint density at radius 3 is 2.90 bits per heavy atom. The molecule has 0 atom stereocenters. The Hall–Kier alpha value is -2.69. The zero-order valence-corrected chi connectivity index (χ0v) is 11.8. The summed E-state index contributed by atoms with van der Waals surface area (Å²) < 4.78 is 5.21. The number of rotatable bonds is 3. The molecule has 5 heteroatoms. The molecule has 0 radical (unpaired) electrons. The van der Waals surface area contributed by atoms with Crippen LogP contribution in [0.15, 0.2) is 36.4 Å². The summed E-state index contributed by atoms with van der Waals surface area (Å²) in [5.74, 6) is 0.819. The lowest BCUT2D eigenvalue weighted by Crippen LogP contribution is -2.19. The third kappa shape index (κ3) is 2.76. The Bertz CT molecular complexity index is 698. The molecule has 2 aromatic rings. The lowest BCUT2D eigenvalue weighted by Gasteiger charge is -2.20. The minimum absolute atomic E-state index is 0.0374. The quantitative estimate of drug-likeness (QED) is 0.757. The molecule has 0 bridgehead atoms. The van der Waals surface area contributed by atoms with Gasteiger partial charge in [0.1, 0.15) is 5.75 Å². The van der Waals surface area contributed by atoms with Gasteiger partial charge in [-0.3, -0.25) is 4.79 Å². The van der Waals surface area contributed by atoms with Gasteiger partial charge in [-0.25, -0.2) is 0 Å². The Balaban J connectivity index is 1.90. The second-order valence-electron chi connectivity index (χ2n) is 5.00. The first-order valence-corrected chi connectivity index (χ1v) is 6.79. The highest BCUT2D eigenvalue weighted by Gasteiger charge is 2.16. The largest absolute Gasteiger partial charge is 0.497 e. The summed E-state index contributed by atoms with van der Waals surface area (Å²) in [7, 11) is 1.63. The average Bonchev–Trinajstić information content (AvgIpc) is 2.48. The molecule has 0 spiro atoms. The van der Waals surface area contributed by atoms with Crippen LogP contribution in [-0.4, -0.2) is 13.0 Å². The number of amides is 1. The molecular weight excluding hydrogens is 266 g/mol. The Kier molecular flexibility index (Phi) is 3.39. The first-order chi connectivity index (χ1) is 10.2. The minimum Gasteiger partial charge on any atom is -0.497 e. The first-order valence-electron chi connectivity index (χ1n) is 6.79. The predicted octanol–water partition coefficient (Wildman–Crippen LogP) is 2.91. The van der Waals surface area contributed by atoms with Crippen molar-refractivity contribution < 1.29 is 9.53 Å². The number of nitrogens with two attached hydrogens (primary N) is 1. The molecule has 0 saturated heterocycles. The van der Waals surface area contributed by atoms with Crippen LogP contribution in [0, 0.1) is 0 Å². The highest BCUT2D eigenvalue weighted by Crippen LogP contribution is 2.33. The number of benzene rings is 2. The third-order valence-electron chi connectivity index (χ3n) is 3.52. The summed E-state index contributed by atoms with van der Waals surface area (Å²) in [6, 6.07) is 11.4. The topological polar surface area (TPSA) is 76.4 Å². The highest BCUT2D eigenvalue weighted by molar-refractivity contribution is 5.95. The number of ether oxygens (including phenoxy) is 1. The van der Waals surface area contributed by atoms with E-state index in [1.165, 1.54) is 0 Å². The summed E-state index contributed by atoms with van der Waals surface area (Å²) >= 11 is 0. The number of hydrogen-bond acceptors (Lipinski definition) is 4. The standard InChI is InChI=1S/C16H17N3O2/c1-21-12-4-2-3-11(8-12)18-15-7-10-5-6-16(20)19-14(10)9-13(15)17/h2-4,7-9,18H,5-6,17H2,1H3,(H,19,20). The normalized spacial score (nSPS) is 13.3. The molecule has 0 saturated carbocycles. The second-order valence-corrected chi connectivity index (χ2v) is 5.00. The molecule has 1 heterocycles. The van der Waals surface area contributed by atoms with Gasteiger partial charge in [-0.1, -0.05) is 6.07 Å². The molecule has 4 N–H and O–H groups in total. The van der Waals surface area contributed by atoms with Crippen LogP contribution in [0.4, 0.5) is 22.7 Å². The monoisotopic (exact) mass is 283 g/mol. The molecule has 21 heavy (non-hydrogen) atoms. The van der Waals surface area contributed by atoms with Gasteiger partial charge in [0.15, 0.2) is 0 Å². The fourth-order valence-corrected chi connectivity index (χ4v) is 2.41. The number of methoxy groups -OCH3 is 1. The zero-order valence-electron chi connectivity index (χ0n) is 11.8. The van der Waals surface area contributed by atoms with Crippen molar-refractivity contribution in [2.45, 2.75) is 12.8 Å². The van der Waals surface area contributed by atoms with Gasteiger partial charge in [0.2, 0.25) is 5.91 Å². The molecule has 5 nitrogen and oxygen atoms in total. The van der Waals surface area contributed by atoms with Gasteiger partial charge in [0, 0.05) is 23.9 Å². The Morgan fingerprint density at radius 2 is 2.10 bits per heavy atom. The van der Waals surface area contributed by atoms with Crippen LogP contribution >= 0.6 is 0 Å². The molecule has 108 valence electrons. The van der Waals surface area contributed by atoms with E-state index in [1.54, 1.807) is 13.2 Å². The smallest absolute Gasteiger partial charge is 0.224 e. The van der Waals surface area contributed by atoms with E-state index >= 15 is 0 Å². The van der Waals surface area contributed by atoms with Crippen molar-refractivity contribution >= 4 is 28.7 Å². The number of carbonyl (C=O) groups is 1. The molecule has 1 aliphatic rings. The lowest BCUT2D eigenvalue weighted by atomic mass is 10.0. The average molecular weight is 283 g/mol. The van der Waals surface area contributed by atoms with Crippen molar-refractivity contribution in [3.05, 3.63) is 42.0 Å². The molecule has 0 unspecified atom stereocenters. The summed E-state index contributed by atoms with van der Waals surface area (Å²) in [6.07, 6.45) is 1.24. The van der Waals surface area contributed by atoms with E-state index in [-0.39, 0.29) is 5.91 Å². The van der Waals surface area contributed by atoms with Gasteiger partial charge in [0.05, 0.1) is 18.5 Å². The van der Waals surface area contributed by atoms with Crippen molar-refractivity contribution in [1.29, 1.82) is 0 Å². The lowest BCUT2D eigenvalue weighted by molar-refractivity contribution is -0.116. The maximum Gasteiger partial charge on any atom is 0.224 e. The molecular formula is C16H17N3O2. The maximum absolute atomic E-state index is 11.4. The number of anilines is 4. The number of nitrogen functional groups attached to an aromatic ring is 1. The summed E-state index contributed by atoms with van der Waals surface area (Å²) in [5, 5.41) is 6.13. The molecule has 3 rings (SSSR count). The number of aryl methyl sites for hydroxylation is 1. The second kappa shape index (κ2) is 5.36. The molecule has 0 fully saturated rings. The third-order valence-corrected chi connectivity index (χ3v) is 3.52. The van der Waals surface area contributed by atoms with Crippen molar-refractivity contribution in [3.8, 4) is 5.75 Å². The fraction of sp³-hybridized carbons (Fsp3) is 0.188. The molecule has 0 aromatic heterocycles. The van der Waals surface area contributed by atoms with Gasteiger partial charge in [0.25, 0.3) is 0 Å². The fourth-order valence-electron chi connectivity index (χ4n) is 2.41. The van der Waals surface area contributed by atoms with Gasteiger partial charge in [-0.05, 0) is 36.2 Å². The van der Waals surface area contributed by atoms with Crippen molar-refractivity contribution in [2.75, 3.05) is 23.5 Å². The van der Waals surface area contributed by atoms with Gasteiger partial charge in [-0.2, -0.15) is 0 Å². The van der Waals surface area contributed by atoms with Crippen LogP contribution in [0.5, 0.6) is 5.75 Å². The number of fused-ring (bicyclic) bond motifs is 1. The highest BCUT2D eigenvalue weighted by atomic mass is 16.5. The van der Waals surface area contributed by atoms with Crippen LogP contribution in [0.25, 0.3) is 0 Å². The molecule has 1 aliphatic heterocycles. The summed E-state index contributed by atoms with van der Waals surface area (Å²) in [5.41, 5.74) is 10.3. The van der Waals surface area contributed by atoms with E-state index in [9.17, 15) is 4.79 Å². The van der Waals surface area contributed by atoms with Crippen LogP contribution in [0.2, 0.25) is 0 Å². The summed E-state index contributed by atoms with van der Waals surface area (Å²) in [4.78, 5) is 11.4. The molecule has 2 aromatic carbocycles. The first kappa shape index (κ1) is 13.3. The van der Waals surface area contributed by atoms with E-state index in [0.717, 1.165) is 34.8 Å². The number of nitrogens with one attached hydrogen (secondary N) is 2. The van der Waals surface area contributed by atoms with Gasteiger partial charge in [-0.15, -0.1) is 0 Å². The predicted molar refractivity (Wildman–Crippen MR) is 84.1 cm³/mol. The van der Waals surface area contributed by atoms with E-state index in [0.29, 0.717) is 12.1 Å². The van der Waals surface area contributed by atoms with Crippen molar-refractivity contribution in [1.82, 2.24) is 0 Å². The zero-order chi connectivity index (χ0) is 14.8. The SMILES string of the molecule is COc1cccc(Nc2cc3c(cc2N)NC(=O)CC3)c1. The Labute approximate surface area is 123 Å². The van der Waals surface area contributed by atoms with E-state index in [4.69, 9.17) is 10.5 Å². The van der Waals surface area contributed by atoms with Crippen molar-refractivity contribution in [3.63, 3.8) is 0 Å². The van der Waals surface area contributed by atoms with E-state index in [2.05, 4.69) is 10.6 Å². The Morgan fingerprint density at radius 1 is 1.24 bits per heavy atom. The van der Waals surface area contributed by atoms with Crippen molar-refractivity contribution in [2.24, 2.45) is 0 Å². The van der Waals surface area contributed by atoms with Crippen LogP contribution < -0.4 is 21.1 Å². The van der Waals surface area contributed by atoms with E-state index < -0.39 is 0 Å². The van der Waals surface area contributed by atoms with Gasteiger partial charge < -0.3 is 21.1 Å². The maximum atomic E-state index is 11.4. The minimum atomic E-state index is 0.0374. The van der Waals surface area contributed by atoms with Crippen LogP contribution in [-0.2, 0) is 11.2 Å². The van der Waals surface area contributed by atoms with Crippen LogP contribution in [0.1, 0.15) is 12.0 Å². The van der Waals surface area contributed by atoms with Gasteiger partial charge >= 0.3 is 0 Å². The van der Waals surface area contributed by atoms with Crippen LogP contribution in [0.3, 0.4) is 0 Å². The van der Waals surface area contributed by atoms with E-state index in [1.807, 2.05) is 30.3 Å². The summed E-state index contributed by atoms with van der Waals surface area (Å²) in [6.45, 7) is 0.